The molecule has 0 bridgehead atoms. The fourth-order valence-corrected chi connectivity index (χ4v) is 0.280. The minimum absolute atomic E-state index is 0.0412. The van der Waals surface area contributed by atoms with Gasteiger partial charge in [-0.05, 0) is 13.8 Å². The zero-order valence-corrected chi connectivity index (χ0v) is 7.82. The highest BCUT2D eigenvalue weighted by molar-refractivity contribution is 7.30. The van der Waals surface area contributed by atoms with Crippen LogP contribution < -0.4 is 0 Å². The Kier molecular flexibility index (Phi) is 9.57. The molecule has 0 aliphatic carbocycles. The summed E-state index contributed by atoms with van der Waals surface area (Å²) < 4.78 is 13.3. The third-order valence-corrected chi connectivity index (χ3v) is 0.519. The molecule has 0 aromatic heterocycles. The van der Waals surface area contributed by atoms with Crippen LogP contribution in [0.1, 0.15) is 13.8 Å². The molecular formula is C6H12O5P+. The van der Waals surface area contributed by atoms with Crippen LogP contribution in [0.5, 0.6) is 0 Å². The van der Waals surface area contributed by atoms with Crippen LogP contribution in [0.25, 0.3) is 0 Å². The molecule has 12 heavy (non-hydrogen) atoms. The van der Waals surface area contributed by atoms with Gasteiger partial charge in [-0.25, -0.2) is 4.79 Å². The average Bonchev–Trinajstić information content (AvgIpc) is 1.84. The van der Waals surface area contributed by atoms with Crippen LogP contribution in [-0.2, 0) is 14.1 Å². The van der Waals surface area contributed by atoms with E-state index in [0.29, 0.717) is 0 Å². The van der Waals surface area contributed by atoms with Crippen LogP contribution in [-0.4, -0.2) is 21.9 Å². The van der Waals surface area contributed by atoms with Crippen molar-refractivity contribution in [3.8, 4) is 0 Å². The summed E-state index contributed by atoms with van der Waals surface area (Å²) in [5, 5.41) is 0. The van der Waals surface area contributed by atoms with Crippen LogP contribution in [0.2, 0.25) is 0 Å². The second-order valence-electron chi connectivity index (χ2n) is 1.94. The van der Waals surface area contributed by atoms with Crippen LogP contribution in [0.4, 0.5) is 0 Å². The van der Waals surface area contributed by atoms with Crippen molar-refractivity contribution in [2.24, 2.45) is 0 Å². The van der Waals surface area contributed by atoms with Crippen LogP contribution in [0.15, 0.2) is 12.7 Å². The summed E-state index contributed by atoms with van der Waals surface area (Å²) in [7, 11) is -2.87. The first-order chi connectivity index (χ1) is 5.40. The van der Waals surface area contributed by atoms with Crippen molar-refractivity contribution in [1.29, 1.82) is 0 Å². The van der Waals surface area contributed by atoms with Crippen molar-refractivity contribution < 1.29 is 23.9 Å². The summed E-state index contributed by atoms with van der Waals surface area (Å²) >= 11 is 0. The molecule has 0 aromatic rings. The van der Waals surface area contributed by atoms with Crippen molar-refractivity contribution in [1.82, 2.24) is 0 Å². The van der Waals surface area contributed by atoms with E-state index in [1.54, 1.807) is 13.8 Å². The van der Waals surface area contributed by atoms with E-state index in [-0.39, 0.29) is 12.1 Å². The van der Waals surface area contributed by atoms with E-state index in [0.717, 1.165) is 6.08 Å². The molecule has 0 atom stereocenters. The molecule has 0 spiro atoms. The average molecular weight is 195 g/mol. The Hall–Kier alpha value is -0.770. The summed E-state index contributed by atoms with van der Waals surface area (Å²) in [6, 6.07) is 0. The number of hydrogen-bond acceptors (Lipinski definition) is 3. The summed E-state index contributed by atoms with van der Waals surface area (Å²) in [5.74, 6) is -0.361. The quantitative estimate of drug-likeness (QED) is 0.386. The number of carbonyl (C=O) groups excluding carboxylic acids is 1. The fourth-order valence-electron chi connectivity index (χ4n) is 0.280. The van der Waals surface area contributed by atoms with Crippen molar-refractivity contribution >= 4 is 14.2 Å². The van der Waals surface area contributed by atoms with E-state index in [2.05, 4.69) is 11.3 Å². The third-order valence-electron chi connectivity index (χ3n) is 0.519. The summed E-state index contributed by atoms with van der Waals surface area (Å²) in [6.07, 6.45) is 1.11. The van der Waals surface area contributed by atoms with E-state index in [1.165, 1.54) is 0 Å². The van der Waals surface area contributed by atoms with E-state index < -0.39 is 8.25 Å². The predicted octanol–water partition coefficient (Wildman–Crippen LogP) is 0.752. The molecule has 5 nitrogen and oxygen atoms in total. The molecule has 70 valence electrons. The van der Waals surface area contributed by atoms with Gasteiger partial charge in [0.25, 0.3) is 0 Å². The minimum Gasteiger partial charge on any atom is -0.460 e. The van der Waals surface area contributed by atoms with Crippen LogP contribution in [0.3, 0.4) is 0 Å². The molecule has 0 saturated heterocycles. The van der Waals surface area contributed by atoms with Gasteiger partial charge in [0.15, 0.2) is 0 Å². The Morgan fingerprint density at radius 2 is 1.92 bits per heavy atom. The Morgan fingerprint density at radius 3 is 2.00 bits per heavy atom. The van der Waals surface area contributed by atoms with Gasteiger partial charge in [0.2, 0.25) is 0 Å². The molecule has 0 amide bonds. The Balaban J connectivity index is 0. The molecular weight excluding hydrogens is 183 g/mol. The molecule has 6 heteroatoms. The van der Waals surface area contributed by atoms with Crippen LogP contribution >= 0.6 is 8.25 Å². The first-order valence-electron chi connectivity index (χ1n) is 3.08. The topological polar surface area (TPSA) is 83.8 Å². The van der Waals surface area contributed by atoms with Gasteiger partial charge in [0, 0.05) is 10.6 Å². The Morgan fingerprint density at radius 1 is 1.58 bits per heavy atom. The van der Waals surface area contributed by atoms with E-state index >= 15 is 0 Å². The molecule has 0 radical (unpaired) electrons. The van der Waals surface area contributed by atoms with Crippen LogP contribution in [0, 0.1) is 0 Å². The summed E-state index contributed by atoms with van der Waals surface area (Å²) in [6.45, 7) is 6.83. The monoisotopic (exact) mass is 195 g/mol. The Labute approximate surface area is 71.6 Å². The highest BCUT2D eigenvalue weighted by atomic mass is 31.1. The zero-order chi connectivity index (χ0) is 10.1. The van der Waals surface area contributed by atoms with Gasteiger partial charge in [0.05, 0.1) is 6.10 Å². The molecule has 0 aliphatic rings. The summed E-state index contributed by atoms with van der Waals surface area (Å²) in [4.78, 5) is 24.5. The first kappa shape index (κ1) is 13.8. The van der Waals surface area contributed by atoms with Gasteiger partial charge < -0.3 is 4.74 Å². The van der Waals surface area contributed by atoms with Gasteiger partial charge >= 0.3 is 14.2 Å². The number of ether oxygens (including phenoxy) is 1. The largest absolute Gasteiger partial charge is 0.692 e. The van der Waals surface area contributed by atoms with Gasteiger partial charge in [-0.1, -0.05) is 6.58 Å². The minimum atomic E-state index is -2.87. The van der Waals surface area contributed by atoms with E-state index in [4.69, 9.17) is 14.4 Å². The highest BCUT2D eigenvalue weighted by Crippen LogP contribution is 1.98. The van der Waals surface area contributed by atoms with Crippen molar-refractivity contribution in [3.63, 3.8) is 0 Å². The molecule has 0 aromatic carbocycles. The lowest BCUT2D eigenvalue weighted by atomic mass is 10.5. The molecule has 0 aliphatic heterocycles. The smallest absolute Gasteiger partial charge is 0.460 e. The Bertz CT molecular complexity index is 161. The van der Waals surface area contributed by atoms with E-state index in [9.17, 15) is 4.79 Å². The maximum Gasteiger partial charge on any atom is 0.692 e. The van der Waals surface area contributed by atoms with Crippen molar-refractivity contribution in [2.45, 2.75) is 20.0 Å². The molecule has 2 N–H and O–H groups in total. The third kappa shape index (κ3) is 22.9. The maximum atomic E-state index is 10.3. The highest BCUT2D eigenvalue weighted by Gasteiger charge is 1.96. The lowest BCUT2D eigenvalue weighted by Gasteiger charge is -2.02. The first-order valence-corrected chi connectivity index (χ1v) is 4.24. The van der Waals surface area contributed by atoms with Gasteiger partial charge in [-0.2, -0.15) is 0 Å². The fraction of sp³-hybridized carbons (Fsp3) is 0.500. The second kappa shape index (κ2) is 8.33. The van der Waals surface area contributed by atoms with Gasteiger partial charge in [-0.15, -0.1) is 9.79 Å². The molecule has 0 heterocycles. The number of rotatable bonds is 2. The molecule has 0 fully saturated rings. The lowest BCUT2D eigenvalue weighted by molar-refractivity contribution is -0.141. The second-order valence-corrected chi connectivity index (χ2v) is 2.45. The number of esters is 1. The van der Waals surface area contributed by atoms with E-state index in [1.807, 2.05) is 0 Å². The molecule has 0 rings (SSSR count). The SMILES string of the molecule is C=CC(=O)OC(C)C.O=[P+](O)O. The maximum absolute atomic E-state index is 10.3. The summed E-state index contributed by atoms with van der Waals surface area (Å²) in [5.41, 5.74) is 0. The molecule has 0 saturated carbocycles. The normalized spacial score (nSPS) is 8.08. The zero-order valence-electron chi connectivity index (χ0n) is 6.93. The van der Waals surface area contributed by atoms with Crippen molar-refractivity contribution in [2.75, 3.05) is 0 Å². The lowest BCUT2D eigenvalue weighted by Crippen LogP contribution is -2.07. The predicted molar refractivity (Wildman–Crippen MR) is 43.5 cm³/mol. The van der Waals surface area contributed by atoms with Gasteiger partial charge in [-0.3, -0.25) is 0 Å². The number of hydrogen-bond donors (Lipinski definition) is 2. The van der Waals surface area contributed by atoms with Crippen molar-refractivity contribution in [3.05, 3.63) is 12.7 Å². The molecule has 0 unspecified atom stereocenters. The number of carbonyl (C=O) groups is 1. The van der Waals surface area contributed by atoms with Gasteiger partial charge in [0.1, 0.15) is 0 Å². The standard InChI is InChI=1S/C6H10O2.HO3P/c1-4-6(7)8-5(2)3;1-4(2)3/h4-5H,1H2,2-3H3;(H-,1,2,3)/p+1.